The lowest BCUT2D eigenvalue weighted by atomic mass is 10.2. The standard InChI is InChI=1S/C14H24N2O10S6/c1-13(2,31(21,22)23)11(27)15-7(9(17)18)5-29-30-6-8(10(19)20)16-12(28)14(3,4)32(24,25)26/h7-8H,5-6H2,1-4H3,(H,15,27)(H,16,28)(H,17,18)(H,19,20)(H,21,22,23)(H,24,25,26). The number of aliphatic carboxylic acids is 2. The Bertz CT molecular complexity index is 882. The van der Waals surface area contributed by atoms with E-state index in [2.05, 4.69) is 10.6 Å². The van der Waals surface area contributed by atoms with Gasteiger partial charge in [-0.05, 0) is 27.7 Å². The number of carbonyl (C=O) groups is 2. The lowest BCUT2D eigenvalue weighted by molar-refractivity contribution is -0.139. The first-order valence-corrected chi connectivity index (χ1v) is 14.6. The van der Waals surface area contributed by atoms with Crippen LogP contribution in [0.25, 0.3) is 0 Å². The number of carboxylic acids is 2. The molecule has 0 spiro atoms. The fourth-order valence-corrected chi connectivity index (χ4v) is 5.29. The third-order valence-corrected chi connectivity index (χ3v) is 11.1. The number of rotatable bonds is 13. The fourth-order valence-electron chi connectivity index (χ4n) is 1.48. The van der Waals surface area contributed by atoms with Crippen molar-refractivity contribution in [2.75, 3.05) is 11.5 Å². The zero-order valence-corrected chi connectivity index (χ0v) is 22.2. The van der Waals surface area contributed by atoms with Crippen LogP contribution >= 0.6 is 46.0 Å². The number of carboxylic acid groups (broad SMARTS) is 2. The molecule has 0 bridgehead atoms. The maximum absolute atomic E-state index is 11.4. The van der Waals surface area contributed by atoms with Crippen LogP contribution in [-0.4, -0.2) is 91.2 Å². The van der Waals surface area contributed by atoms with Crippen molar-refractivity contribution in [2.24, 2.45) is 0 Å². The molecule has 32 heavy (non-hydrogen) atoms. The minimum absolute atomic E-state index is 0.172. The quantitative estimate of drug-likeness (QED) is 0.0765. The molecule has 2 unspecified atom stereocenters. The summed E-state index contributed by atoms with van der Waals surface area (Å²) in [6.07, 6.45) is 0. The number of thiocarbonyl (C=S) groups is 2. The van der Waals surface area contributed by atoms with Crippen molar-refractivity contribution in [2.45, 2.75) is 49.3 Å². The third-order valence-electron chi connectivity index (χ3n) is 4.14. The molecule has 0 aromatic heterocycles. The van der Waals surface area contributed by atoms with E-state index in [-0.39, 0.29) is 11.5 Å². The summed E-state index contributed by atoms with van der Waals surface area (Å²) in [5, 5.41) is 23.3. The highest BCUT2D eigenvalue weighted by atomic mass is 33.1. The Morgan fingerprint density at radius 2 is 1.03 bits per heavy atom. The molecule has 0 aromatic rings. The third kappa shape index (κ3) is 8.54. The maximum atomic E-state index is 11.4. The van der Waals surface area contributed by atoms with Crippen molar-refractivity contribution in [1.82, 2.24) is 10.6 Å². The molecular formula is C14H24N2O10S6. The molecule has 0 heterocycles. The van der Waals surface area contributed by atoms with Crippen LogP contribution in [0.3, 0.4) is 0 Å². The fraction of sp³-hybridized carbons (Fsp3) is 0.714. The summed E-state index contributed by atoms with van der Waals surface area (Å²) in [5.74, 6) is -3.07. The van der Waals surface area contributed by atoms with E-state index in [1.165, 1.54) is 0 Å². The van der Waals surface area contributed by atoms with E-state index >= 15 is 0 Å². The topological polar surface area (TPSA) is 207 Å². The Morgan fingerprint density at radius 3 is 1.22 bits per heavy atom. The van der Waals surface area contributed by atoms with Crippen molar-refractivity contribution in [1.29, 1.82) is 0 Å². The second-order valence-corrected chi connectivity index (χ2v) is 14.6. The molecule has 0 fully saturated rings. The molecule has 12 nitrogen and oxygen atoms in total. The highest BCUT2D eigenvalue weighted by molar-refractivity contribution is 8.76. The summed E-state index contributed by atoms with van der Waals surface area (Å²) in [7, 11) is -7.37. The molecule has 0 amide bonds. The summed E-state index contributed by atoms with van der Waals surface area (Å²) in [5.41, 5.74) is 0. The largest absolute Gasteiger partial charge is 0.480 e. The highest BCUT2D eigenvalue weighted by Gasteiger charge is 2.40. The number of hydrogen-bond acceptors (Lipinski definition) is 10. The first-order valence-electron chi connectivity index (χ1n) is 8.42. The predicted octanol–water partition coefficient (Wildman–Crippen LogP) is 0.441. The average molecular weight is 573 g/mol. The maximum Gasteiger partial charge on any atom is 0.327 e. The van der Waals surface area contributed by atoms with Crippen LogP contribution in [0, 0.1) is 0 Å². The summed E-state index contributed by atoms with van der Waals surface area (Å²) in [6.45, 7) is 4.38. The van der Waals surface area contributed by atoms with Crippen LogP contribution in [0.5, 0.6) is 0 Å². The molecule has 0 rings (SSSR count). The van der Waals surface area contributed by atoms with Gasteiger partial charge >= 0.3 is 11.9 Å². The number of nitrogens with one attached hydrogen (secondary N) is 2. The minimum atomic E-state index is -4.61. The number of hydrogen-bond donors (Lipinski definition) is 6. The molecule has 0 aromatic carbocycles. The van der Waals surface area contributed by atoms with Crippen molar-refractivity contribution >= 4 is 88.2 Å². The van der Waals surface area contributed by atoms with Crippen LogP contribution in [-0.2, 0) is 29.8 Å². The molecule has 18 heteroatoms. The van der Waals surface area contributed by atoms with Crippen molar-refractivity contribution in [3.63, 3.8) is 0 Å². The SMILES string of the molecule is CC(C)(C(=S)NC(CSSCC(NC(=S)C(C)(C)S(=O)(=O)O)C(=O)O)C(=O)O)S(=O)(=O)O. The van der Waals surface area contributed by atoms with Crippen molar-refractivity contribution < 1.29 is 45.7 Å². The molecule has 0 aliphatic carbocycles. The summed E-state index contributed by atoms with van der Waals surface area (Å²) >= 11 is 9.80. The van der Waals surface area contributed by atoms with Crippen LogP contribution in [0.4, 0.5) is 0 Å². The van der Waals surface area contributed by atoms with Gasteiger partial charge in [0.25, 0.3) is 20.2 Å². The monoisotopic (exact) mass is 572 g/mol. The lowest BCUT2D eigenvalue weighted by Gasteiger charge is -2.26. The smallest absolute Gasteiger partial charge is 0.327 e. The van der Waals surface area contributed by atoms with E-state index in [1.807, 2.05) is 0 Å². The van der Waals surface area contributed by atoms with Crippen molar-refractivity contribution in [3.8, 4) is 0 Å². The van der Waals surface area contributed by atoms with Gasteiger partial charge in [-0.2, -0.15) is 16.8 Å². The Hall–Kier alpha value is -0.760. The van der Waals surface area contributed by atoms with Gasteiger partial charge in [0.1, 0.15) is 21.6 Å². The van der Waals surface area contributed by atoms with Crippen LogP contribution < -0.4 is 10.6 Å². The Labute approximate surface area is 204 Å². The van der Waals surface area contributed by atoms with Gasteiger partial charge in [-0.25, -0.2) is 9.59 Å². The first kappa shape index (κ1) is 31.2. The van der Waals surface area contributed by atoms with Gasteiger partial charge in [0.15, 0.2) is 0 Å². The van der Waals surface area contributed by atoms with E-state index in [9.17, 15) is 45.7 Å². The van der Waals surface area contributed by atoms with Gasteiger partial charge in [0.05, 0.1) is 9.98 Å². The Kier molecular flexibility index (Phi) is 11.3. The molecule has 0 radical (unpaired) electrons. The molecule has 6 N–H and O–H groups in total. The van der Waals surface area contributed by atoms with Gasteiger partial charge in [-0.3, -0.25) is 9.11 Å². The zero-order valence-electron chi connectivity index (χ0n) is 17.3. The van der Waals surface area contributed by atoms with Crippen LogP contribution in [0.2, 0.25) is 0 Å². The molecule has 0 saturated carbocycles. The summed E-state index contributed by atoms with van der Waals surface area (Å²) < 4.78 is 60.3. The zero-order chi connectivity index (χ0) is 25.7. The molecule has 186 valence electrons. The van der Waals surface area contributed by atoms with E-state index in [4.69, 9.17) is 24.4 Å². The molecule has 2 atom stereocenters. The Balaban J connectivity index is 5.03. The molecule has 0 aliphatic heterocycles. The first-order chi connectivity index (χ1) is 14.2. The van der Waals surface area contributed by atoms with E-state index in [1.54, 1.807) is 0 Å². The minimum Gasteiger partial charge on any atom is -0.480 e. The van der Waals surface area contributed by atoms with E-state index in [0.717, 1.165) is 49.3 Å². The van der Waals surface area contributed by atoms with E-state index in [0.29, 0.717) is 0 Å². The lowest BCUT2D eigenvalue weighted by Crippen LogP contribution is -2.53. The molecule has 0 aliphatic rings. The highest BCUT2D eigenvalue weighted by Crippen LogP contribution is 2.25. The molecule has 0 saturated heterocycles. The van der Waals surface area contributed by atoms with Gasteiger partial charge in [0.2, 0.25) is 0 Å². The van der Waals surface area contributed by atoms with E-state index < -0.39 is 63.7 Å². The van der Waals surface area contributed by atoms with Gasteiger partial charge < -0.3 is 20.8 Å². The van der Waals surface area contributed by atoms with Gasteiger partial charge in [-0.1, -0.05) is 46.0 Å². The predicted molar refractivity (Wildman–Crippen MR) is 130 cm³/mol. The molecular weight excluding hydrogens is 549 g/mol. The summed E-state index contributed by atoms with van der Waals surface area (Å²) in [6, 6.07) is -2.70. The average Bonchev–Trinajstić information content (AvgIpc) is 2.60. The summed E-state index contributed by atoms with van der Waals surface area (Å²) in [4.78, 5) is 22.0. The van der Waals surface area contributed by atoms with Crippen molar-refractivity contribution in [3.05, 3.63) is 0 Å². The van der Waals surface area contributed by atoms with Crippen LogP contribution in [0.15, 0.2) is 0 Å². The second kappa shape index (κ2) is 11.6. The van der Waals surface area contributed by atoms with Gasteiger partial charge in [-0.15, -0.1) is 0 Å². The van der Waals surface area contributed by atoms with Gasteiger partial charge in [0, 0.05) is 11.5 Å². The van der Waals surface area contributed by atoms with Crippen LogP contribution in [0.1, 0.15) is 27.7 Å². The second-order valence-electron chi connectivity index (χ2n) is 7.27. The normalized spacial score (nSPS) is 14.8. The Morgan fingerprint density at radius 1 is 0.781 bits per heavy atom.